The minimum atomic E-state index is -0.106. The largest absolute Gasteiger partial charge is 0.350 e. The van der Waals surface area contributed by atoms with Gasteiger partial charge in [0, 0.05) is 31.3 Å². The zero-order valence-corrected chi connectivity index (χ0v) is 10.2. The molecule has 0 saturated heterocycles. The second kappa shape index (κ2) is 3.78. The standard InChI is InChI=1S/C12H12N6O/c19-12-17-6-4-14-10(16-5-3-13-8-16)11(17)15-18(12)7-9-1-2-9/h3-6,8-9H,1-2,7H2. The summed E-state index contributed by atoms with van der Waals surface area (Å²) in [6.07, 6.45) is 10.7. The van der Waals surface area contributed by atoms with Crippen molar-refractivity contribution in [3.63, 3.8) is 0 Å². The molecule has 0 N–H and O–H groups in total. The van der Waals surface area contributed by atoms with Crippen LogP contribution in [0.3, 0.4) is 0 Å². The second-order valence-corrected chi connectivity index (χ2v) is 4.82. The molecule has 4 rings (SSSR count). The van der Waals surface area contributed by atoms with Gasteiger partial charge in [-0.3, -0.25) is 4.57 Å². The Bertz CT molecular complexity index is 780. The first-order valence-electron chi connectivity index (χ1n) is 6.25. The molecule has 0 aromatic carbocycles. The fourth-order valence-electron chi connectivity index (χ4n) is 2.17. The van der Waals surface area contributed by atoms with E-state index in [1.54, 1.807) is 35.7 Å². The highest BCUT2D eigenvalue weighted by Gasteiger charge is 2.24. The first-order chi connectivity index (χ1) is 9.33. The van der Waals surface area contributed by atoms with Gasteiger partial charge < -0.3 is 0 Å². The normalized spacial score (nSPS) is 15.2. The summed E-state index contributed by atoms with van der Waals surface area (Å²) < 4.78 is 4.82. The highest BCUT2D eigenvalue weighted by molar-refractivity contribution is 5.53. The van der Waals surface area contributed by atoms with Gasteiger partial charge in [0.1, 0.15) is 6.33 Å². The lowest BCUT2D eigenvalue weighted by molar-refractivity contribution is 0.545. The van der Waals surface area contributed by atoms with Crippen molar-refractivity contribution < 1.29 is 0 Å². The van der Waals surface area contributed by atoms with E-state index >= 15 is 0 Å². The van der Waals surface area contributed by atoms with Gasteiger partial charge in [0.25, 0.3) is 0 Å². The van der Waals surface area contributed by atoms with Crippen LogP contribution in [0.15, 0.2) is 35.9 Å². The molecule has 1 fully saturated rings. The highest BCUT2D eigenvalue weighted by Crippen LogP contribution is 2.29. The van der Waals surface area contributed by atoms with Crippen molar-refractivity contribution in [2.24, 2.45) is 5.92 Å². The lowest BCUT2D eigenvalue weighted by atomic mass is 10.4. The smallest absolute Gasteiger partial charge is 0.287 e. The quantitative estimate of drug-likeness (QED) is 0.683. The van der Waals surface area contributed by atoms with Gasteiger partial charge in [0.15, 0.2) is 5.82 Å². The van der Waals surface area contributed by atoms with Gasteiger partial charge >= 0.3 is 5.69 Å². The molecule has 3 aromatic rings. The third-order valence-electron chi connectivity index (χ3n) is 3.36. The summed E-state index contributed by atoms with van der Waals surface area (Å²) in [5, 5.41) is 4.40. The van der Waals surface area contributed by atoms with Crippen LogP contribution in [0.2, 0.25) is 0 Å². The molecule has 96 valence electrons. The molecular formula is C12H12N6O. The van der Waals surface area contributed by atoms with Crippen LogP contribution in [0.4, 0.5) is 0 Å². The highest BCUT2D eigenvalue weighted by atomic mass is 16.2. The summed E-state index contributed by atoms with van der Waals surface area (Å²) in [5.74, 6) is 1.22. The van der Waals surface area contributed by atoms with E-state index < -0.39 is 0 Å². The van der Waals surface area contributed by atoms with Gasteiger partial charge in [-0.25, -0.2) is 23.8 Å². The van der Waals surface area contributed by atoms with Crippen molar-refractivity contribution in [2.75, 3.05) is 0 Å². The fraction of sp³-hybridized carbons (Fsp3) is 0.333. The summed E-state index contributed by atoms with van der Waals surface area (Å²) in [6.45, 7) is 0.698. The summed E-state index contributed by atoms with van der Waals surface area (Å²) >= 11 is 0. The van der Waals surface area contributed by atoms with Crippen molar-refractivity contribution in [1.29, 1.82) is 0 Å². The minimum Gasteiger partial charge on any atom is -0.287 e. The molecule has 0 bridgehead atoms. The molecule has 19 heavy (non-hydrogen) atoms. The summed E-state index contributed by atoms with van der Waals surface area (Å²) in [6, 6.07) is 0. The number of fused-ring (bicyclic) bond motifs is 1. The van der Waals surface area contributed by atoms with Gasteiger partial charge in [-0.05, 0) is 18.8 Å². The van der Waals surface area contributed by atoms with Crippen LogP contribution >= 0.6 is 0 Å². The van der Waals surface area contributed by atoms with E-state index in [0.29, 0.717) is 23.9 Å². The van der Waals surface area contributed by atoms with E-state index in [0.717, 1.165) is 0 Å². The number of aromatic nitrogens is 6. The Balaban J connectivity index is 1.93. The van der Waals surface area contributed by atoms with Gasteiger partial charge in [-0.1, -0.05) is 0 Å². The number of hydrogen-bond donors (Lipinski definition) is 0. The van der Waals surface area contributed by atoms with Crippen LogP contribution in [0.5, 0.6) is 0 Å². The van der Waals surface area contributed by atoms with Crippen molar-refractivity contribution in [2.45, 2.75) is 19.4 Å². The van der Waals surface area contributed by atoms with E-state index in [2.05, 4.69) is 15.1 Å². The maximum absolute atomic E-state index is 12.2. The van der Waals surface area contributed by atoms with E-state index in [9.17, 15) is 4.79 Å². The van der Waals surface area contributed by atoms with E-state index in [1.165, 1.54) is 21.9 Å². The summed E-state index contributed by atoms with van der Waals surface area (Å²) in [7, 11) is 0. The van der Waals surface area contributed by atoms with Crippen molar-refractivity contribution in [1.82, 2.24) is 28.7 Å². The van der Waals surface area contributed by atoms with Crippen LogP contribution in [-0.2, 0) is 6.54 Å². The third-order valence-corrected chi connectivity index (χ3v) is 3.36. The molecular weight excluding hydrogens is 244 g/mol. The molecule has 0 amide bonds. The van der Waals surface area contributed by atoms with Crippen molar-refractivity contribution >= 4 is 5.65 Å². The maximum atomic E-state index is 12.2. The first kappa shape index (κ1) is 10.5. The summed E-state index contributed by atoms with van der Waals surface area (Å²) in [4.78, 5) is 20.5. The first-order valence-corrected chi connectivity index (χ1v) is 6.25. The van der Waals surface area contributed by atoms with Crippen LogP contribution in [-0.4, -0.2) is 28.7 Å². The Kier molecular flexibility index (Phi) is 2.08. The fourth-order valence-corrected chi connectivity index (χ4v) is 2.17. The molecule has 1 aliphatic carbocycles. The minimum absolute atomic E-state index is 0.106. The Morgan fingerprint density at radius 2 is 2.16 bits per heavy atom. The summed E-state index contributed by atoms with van der Waals surface area (Å²) in [5.41, 5.74) is 0.455. The molecule has 7 nitrogen and oxygen atoms in total. The van der Waals surface area contributed by atoms with Crippen molar-refractivity contribution in [3.8, 4) is 5.82 Å². The lowest BCUT2D eigenvalue weighted by Crippen LogP contribution is -2.21. The van der Waals surface area contributed by atoms with E-state index in [4.69, 9.17) is 0 Å². The molecule has 7 heteroatoms. The zero-order chi connectivity index (χ0) is 12.8. The Morgan fingerprint density at radius 3 is 2.89 bits per heavy atom. The predicted octanol–water partition coefficient (Wildman–Crippen LogP) is 0.487. The second-order valence-electron chi connectivity index (χ2n) is 4.82. The molecule has 0 aliphatic heterocycles. The van der Waals surface area contributed by atoms with E-state index in [1.807, 2.05) is 0 Å². The lowest BCUT2D eigenvalue weighted by Gasteiger charge is -2.00. The number of rotatable bonds is 3. The van der Waals surface area contributed by atoms with Gasteiger partial charge in [-0.2, -0.15) is 0 Å². The predicted molar refractivity (Wildman–Crippen MR) is 67.1 cm³/mol. The maximum Gasteiger partial charge on any atom is 0.350 e. The van der Waals surface area contributed by atoms with Crippen LogP contribution < -0.4 is 5.69 Å². The van der Waals surface area contributed by atoms with Crippen LogP contribution in [0.1, 0.15) is 12.8 Å². The molecule has 0 radical (unpaired) electrons. The average molecular weight is 256 g/mol. The molecule has 0 spiro atoms. The monoisotopic (exact) mass is 256 g/mol. The van der Waals surface area contributed by atoms with Gasteiger partial charge in [-0.15, -0.1) is 5.10 Å². The Hall–Kier alpha value is -2.44. The van der Waals surface area contributed by atoms with E-state index in [-0.39, 0.29) is 5.69 Å². The molecule has 3 aromatic heterocycles. The number of imidazole rings is 1. The van der Waals surface area contributed by atoms with Crippen molar-refractivity contribution in [3.05, 3.63) is 41.6 Å². The van der Waals surface area contributed by atoms with Gasteiger partial charge in [0.05, 0.1) is 0 Å². The number of hydrogen-bond acceptors (Lipinski definition) is 4. The molecule has 3 heterocycles. The molecule has 0 atom stereocenters. The zero-order valence-electron chi connectivity index (χ0n) is 10.2. The third kappa shape index (κ3) is 1.66. The number of nitrogens with zero attached hydrogens (tertiary/aromatic N) is 6. The van der Waals surface area contributed by atoms with Crippen LogP contribution in [0, 0.1) is 5.92 Å². The average Bonchev–Trinajstić information content (AvgIpc) is 2.97. The Labute approximate surface area is 108 Å². The van der Waals surface area contributed by atoms with Crippen LogP contribution in [0.25, 0.3) is 11.5 Å². The molecule has 0 unspecified atom stereocenters. The van der Waals surface area contributed by atoms with Gasteiger partial charge in [0.2, 0.25) is 5.65 Å². The SMILES string of the molecule is O=c1n(CC2CC2)nc2c(-n3ccnc3)nccn12. The molecule has 1 saturated carbocycles. The Morgan fingerprint density at radius 1 is 1.26 bits per heavy atom. The topological polar surface area (TPSA) is 70.0 Å². The molecule has 1 aliphatic rings.